The number of fused-ring (bicyclic) bond motifs is 1. The lowest BCUT2D eigenvalue weighted by atomic mass is 10.1. The topological polar surface area (TPSA) is 78.9 Å². The lowest BCUT2D eigenvalue weighted by Crippen LogP contribution is -1.99. The first kappa shape index (κ1) is 13.9. The minimum atomic E-state index is 0.629. The molecule has 0 fully saturated rings. The Bertz CT molecular complexity index is 1050. The number of nitrogens with zero attached hydrogens (tertiary/aromatic N) is 5. The molecule has 0 amide bonds. The number of anilines is 2. The second-order valence-corrected chi connectivity index (χ2v) is 5.22. The molecule has 4 aromatic rings. The Morgan fingerprint density at radius 2 is 1.92 bits per heavy atom. The summed E-state index contributed by atoms with van der Waals surface area (Å²) in [4.78, 5) is 8.33. The SMILES string of the molecule is N#Cc1cccc(-c2cc3c(Nc4ccncc4)ncnn3c2)c1. The molecule has 114 valence electrons. The molecule has 0 unspecified atom stereocenters. The zero-order valence-corrected chi connectivity index (χ0v) is 12.6. The maximum Gasteiger partial charge on any atom is 0.158 e. The van der Waals surface area contributed by atoms with Crippen LogP contribution in [0.5, 0.6) is 0 Å². The highest BCUT2D eigenvalue weighted by Gasteiger charge is 2.09. The van der Waals surface area contributed by atoms with Gasteiger partial charge in [0.1, 0.15) is 11.8 Å². The quantitative estimate of drug-likeness (QED) is 0.627. The van der Waals surface area contributed by atoms with Crippen LogP contribution in [0.15, 0.2) is 67.4 Å². The molecule has 3 aromatic heterocycles. The van der Waals surface area contributed by atoms with Crippen molar-refractivity contribution in [3.63, 3.8) is 0 Å². The fraction of sp³-hybridized carbons (Fsp3) is 0. The number of nitrogens with one attached hydrogen (secondary N) is 1. The zero-order valence-electron chi connectivity index (χ0n) is 12.6. The Kier molecular flexibility index (Phi) is 3.37. The van der Waals surface area contributed by atoms with Crippen LogP contribution in [0, 0.1) is 11.3 Å². The number of aromatic nitrogens is 4. The maximum atomic E-state index is 9.06. The molecule has 1 N–H and O–H groups in total. The van der Waals surface area contributed by atoms with Gasteiger partial charge >= 0.3 is 0 Å². The van der Waals surface area contributed by atoms with E-state index in [1.54, 1.807) is 23.0 Å². The number of hydrogen-bond donors (Lipinski definition) is 1. The third-order valence-electron chi connectivity index (χ3n) is 3.67. The minimum absolute atomic E-state index is 0.629. The standard InChI is InChI=1S/C18H12N6/c19-10-13-2-1-3-14(8-13)15-9-17-18(21-12-22-24(17)11-15)23-16-4-6-20-7-5-16/h1-9,11-12H,(H,20,21,22,23). The van der Waals surface area contributed by atoms with Crippen molar-refractivity contribution < 1.29 is 0 Å². The molecule has 0 saturated heterocycles. The van der Waals surface area contributed by atoms with Crippen molar-refractivity contribution in [3.8, 4) is 17.2 Å². The molecule has 0 aliphatic heterocycles. The summed E-state index contributed by atoms with van der Waals surface area (Å²) in [6.07, 6.45) is 6.87. The lowest BCUT2D eigenvalue weighted by molar-refractivity contribution is 0.907. The van der Waals surface area contributed by atoms with Gasteiger partial charge in [-0.05, 0) is 35.9 Å². The van der Waals surface area contributed by atoms with Gasteiger partial charge in [-0.25, -0.2) is 9.50 Å². The Morgan fingerprint density at radius 3 is 2.75 bits per heavy atom. The molecule has 6 nitrogen and oxygen atoms in total. The number of hydrogen-bond acceptors (Lipinski definition) is 5. The molecule has 0 saturated carbocycles. The van der Waals surface area contributed by atoms with E-state index < -0.39 is 0 Å². The van der Waals surface area contributed by atoms with Gasteiger partial charge in [0.05, 0.1) is 11.6 Å². The van der Waals surface area contributed by atoms with Crippen LogP contribution in [-0.2, 0) is 0 Å². The molecule has 0 aliphatic rings. The van der Waals surface area contributed by atoms with Gasteiger partial charge in [0.2, 0.25) is 0 Å². The number of rotatable bonds is 3. The zero-order chi connectivity index (χ0) is 16.4. The van der Waals surface area contributed by atoms with Gasteiger partial charge in [0.25, 0.3) is 0 Å². The molecular weight excluding hydrogens is 300 g/mol. The average Bonchev–Trinajstić information content (AvgIpc) is 3.08. The molecule has 3 heterocycles. The molecule has 0 aliphatic carbocycles. The summed E-state index contributed by atoms with van der Waals surface area (Å²) in [6, 6.07) is 15.4. The van der Waals surface area contributed by atoms with Gasteiger partial charge in [0.15, 0.2) is 5.82 Å². The van der Waals surface area contributed by atoms with Crippen LogP contribution in [-0.4, -0.2) is 19.6 Å². The van der Waals surface area contributed by atoms with E-state index in [9.17, 15) is 0 Å². The summed E-state index contributed by atoms with van der Waals surface area (Å²) in [5.41, 5.74) is 4.33. The van der Waals surface area contributed by atoms with Crippen LogP contribution in [0.2, 0.25) is 0 Å². The van der Waals surface area contributed by atoms with E-state index in [-0.39, 0.29) is 0 Å². The Labute approximate surface area is 138 Å². The second kappa shape index (κ2) is 5.82. The van der Waals surface area contributed by atoms with Crippen LogP contribution in [0.1, 0.15) is 5.56 Å². The fourth-order valence-corrected chi connectivity index (χ4v) is 2.52. The predicted molar refractivity (Wildman–Crippen MR) is 90.7 cm³/mol. The molecule has 0 atom stereocenters. The van der Waals surface area contributed by atoms with Crippen LogP contribution in [0.3, 0.4) is 0 Å². The molecular formula is C18H12N6. The summed E-state index contributed by atoms with van der Waals surface area (Å²) in [6.45, 7) is 0. The summed E-state index contributed by atoms with van der Waals surface area (Å²) >= 11 is 0. The molecule has 4 rings (SSSR count). The molecule has 6 heteroatoms. The van der Waals surface area contributed by atoms with Crippen molar-refractivity contribution in [3.05, 3.63) is 72.9 Å². The van der Waals surface area contributed by atoms with Gasteiger partial charge in [0, 0.05) is 29.8 Å². The predicted octanol–water partition coefficient (Wildman–Crippen LogP) is 3.41. The Balaban J connectivity index is 1.78. The normalized spacial score (nSPS) is 10.5. The highest BCUT2D eigenvalue weighted by Crippen LogP contribution is 2.26. The number of nitriles is 1. The van der Waals surface area contributed by atoms with Crippen molar-refractivity contribution in [1.29, 1.82) is 5.26 Å². The first-order valence-corrected chi connectivity index (χ1v) is 7.34. The van der Waals surface area contributed by atoms with Crippen molar-refractivity contribution in [2.24, 2.45) is 0 Å². The minimum Gasteiger partial charge on any atom is -0.338 e. The van der Waals surface area contributed by atoms with E-state index in [0.29, 0.717) is 11.4 Å². The summed E-state index contributed by atoms with van der Waals surface area (Å²) in [5.74, 6) is 0.707. The third-order valence-corrected chi connectivity index (χ3v) is 3.67. The molecule has 0 spiro atoms. The third kappa shape index (κ3) is 2.55. The monoisotopic (exact) mass is 312 g/mol. The van der Waals surface area contributed by atoms with Gasteiger partial charge in [-0.15, -0.1) is 0 Å². The summed E-state index contributed by atoms with van der Waals surface area (Å²) in [5, 5.41) is 16.6. The first-order chi connectivity index (χ1) is 11.8. The highest BCUT2D eigenvalue weighted by atomic mass is 15.2. The van der Waals surface area contributed by atoms with Crippen LogP contribution in [0.25, 0.3) is 16.6 Å². The average molecular weight is 312 g/mol. The number of benzene rings is 1. The number of pyridine rings is 1. The van der Waals surface area contributed by atoms with E-state index in [4.69, 9.17) is 5.26 Å². The first-order valence-electron chi connectivity index (χ1n) is 7.34. The van der Waals surface area contributed by atoms with Crippen molar-refractivity contribution in [2.75, 3.05) is 5.32 Å². The van der Waals surface area contributed by atoms with Crippen LogP contribution in [0.4, 0.5) is 11.5 Å². The molecule has 0 bridgehead atoms. The largest absolute Gasteiger partial charge is 0.338 e. The van der Waals surface area contributed by atoms with Crippen LogP contribution >= 0.6 is 0 Å². The van der Waals surface area contributed by atoms with E-state index in [0.717, 1.165) is 22.3 Å². The van der Waals surface area contributed by atoms with Crippen molar-refractivity contribution in [1.82, 2.24) is 19.6 Å². The Morgan fingerprint density at radius 1 is 1.04 bits per heavy atom. The molecule has 1 aromatic carbocycles. The van der Waals surface area contributed by atoms with E-state index >= 15 is 0 Å². The Hall–Kier alpha value is -3.72. The fourth-order valence-electron chi connectivity index (χ4n) is 2.52. The summed E-state index contributed by atoms with van der Waals surface area (Å²) in [7, 11) is 0. The van der Waals surface area contributed by atoms with Gasteiger partial charge in [-0.2, -0.15) is 10.4 Å². The van der Waals surface area contributed by atoms with Crippen molar-refractivity contribution >= 4 is 17.0 Å². The van der Waals surface area contributed by atoms with Gasteiger partial charge in [-0.1, -0.05) is 12.1 Å². The summed E-state index contributed by atoms with van der Waals surface area (Å²) < 4.78 is 1.77. The van der Waals surface area contributed by atoms with Gasteiger partial charge in [-0.3, -0.25) is 4.98 Å². The lowest BCUT2D eigenvalue weighted by Gasteiger charge is -2.05. The maximum absolute atomic E-state index is 9.06. The molecule has 0 radical (unpaired) electrons. The van der Waals surface area contributed by atoms with E-state index in [1.165, 1.54) is 6.33 Å². The van der Waals surface area contributed by atoms with Gasteiger partial charge < -0.3 is 5.32 Å². The van der Waals surface area contributed by atoms with E-state index in [1.807, 2.05) is 42.6 Å². The highest BCUT2D eigenvalue weighted by molar-refractivity contribution is 5.79. The van der Waals surface area contributed by atoms with Crippen molar-refractivity contribution in [2.45, 2.75) is 0 Å². The van der Waals surface area contributed by atoms with E-state index in [2.05, 4.69) is 26.5 Å². The molecule has 24 heavy (non-hydrogen) atoms. The van der Waals surface area contributed by atoms with Crippen LogP contribution < -0.4 is 5.32 Å². The smallest absolute Gasteiger partial charge is 0.158 e. The second-order valence-electron chi connectivity index (χ2n) is 5.22.